The van der Waals surface area contributed by atoms with E-state index in [1.54, 1.807) is 0 Å². The van der Waals surface area contributed by atoms with Gasteiger partial charge in [0.05, 0.1) is 11.6 Å². The van der Waals surface area contributed by atoms with Crippen LogP contribution in [0, 0.1) is 5.92 Å². The molecule has 1 rings (SSSR count). The van der Waals surface area contributed by atoms with Gasteiger partial charge in [0, 0.05) is 6.54 Å². The van der Waals surface area contributed by atoms with Crippen molar-refractivity contribution in [1.82, 2.24) is 14.5 Å². The summed E-state index contributed by atoms with van der Waals surface area (Å²) in [7, 11) is 3.85. The molecule has 0 aliphatic carbocycles. The largest absolute Gasteiger partial charge is 0.329 e. The topological polar surface area (TPSA) is 58.1 Å². The molecule has 1 N–H and O–H groups in total. The second-order valence-corrected chi connectivity index (χ2v) is 6.44. The fraction of sp³-hybridized carbons (Fsp3) is 0.714. The lowest BCUT2D eigenvalue weighted by atomic mass is 10.0. The van der Waals surface area contributed by atoms with Gasteiger partial charge in [-0.2, -0.15) is 0 Å². The Hall–Kier alpha value is -1.07. The summed E-state index contributed by atoms with van der Waals surface area (Å²) in [5.41, 5.74) is -0.255. The third-order valence-electron chi connectivity index (χ3n) is 3.35. The molecule has 0 saturated heterocycles. The minimum Gasteiger partial charge on any atom is -0.307 e. The Balaban J connectivity index is 3.54. The second-order valence-electron chi connectivity index (χ2n) is 6.06. The summed E-state index contributed by atoms with van der Waals surface area (Å²) in [5, 5.41) is 0.151. The minimum atomic E-state index is -0.440. The van der Waals surface area contributed by atoms with Crippen LogP contribution in [0.4, 0.5) is 0 Å². The maximum Gasteiger partial charge on any atom is 0.329 e. The molecule has 0 aliphatic rings. The first-order valence-electron chi connectivity index (χ1n) is 6.85. The summed E-state index contributed by atoms with van der Waals surface area (Å²) < 4.78 is 1.31. The van der Waals surface area contributed by atoms with E-state index in [1.807, 2.05) is 46.7 Å². The molecule has 20 heavy (non-hydrogen) atoms. The first-order chi connectivity index (χ1) is 9.16. The van der Waals surface area contributed by atoms with Crippen molar-refractivity contribution in [2.45, 2.75) is 39.7 Å². The Labute approximate surface area is 124 Å². The molecule has 0 amide bonds. The predicted molar refractivity (Wildman–Crippen MR) is 82.9 cm³/mol. The first kappa shape index (κ1) is 17.0. The summed E-state index contributed by atoms with van der Waals surface area (Å²) in [5.74, 6) is 0.127. The third-order valence-corrected chi connectivity index (χ3v) is 3.65. The Kier molecular flexibility index (Phi) is 5.59. The van der Waals surface area contributed by atoms with E-state index in [0.717, 1.165) is 0 Å². The van der Waals surface area contributed by atoms with Gasteiger partial charge in [0.15, 0.2) is 0 Å². The smallest absolute Gasteiger partial charge is 0.307 e. The van der Waals surface area contributed by atoms with Crippen LogP contribution >= 0.6 is 11.6 Å². The van der Waals surface area contributed by atoms with Gasteiger partial charge in [0.2, 0.25) is 0 Å². The van der Waals surface area contributed by atoms with Crippen molar-refractivity contribution in [2.24, 2.45) is 5.92 Å². The molecule has 1 aromatic heterocycles. The zero-order valence-corrected chi connectivity index (χ0v) is 13.8. The fourth-order valence-electron chi connectivity index (χ4n) is 2.30. The Bertz CT molecular complexity index is 573. The molecule has 0 radical (unpaired) electrons. The Morgan fingerprint density at radius 3 is 2.15 bits per heavy atom. The van der Waals surface area contributed by atoms with Crippen LogP contribution in [-0.2, 0) is 0 Å². The van der Waals surface area contributed by atoms with Gasteiger partial charge >= 0.3 is 5.69 Å². The summed E-state index contributed by atoms with van der Waals surface area (Å²) in [4.78, 5) is 29.4. The van der Waals surface area contributed by atoms with E-state index in [9.17, 15) is 9.59 Å². The molecule has 1 aromatic rings. The molecule has 6 heteroatoms. The molecule has 0 bridgehead atoms. The molecule has 0 spiro atoms. The zero-order chi connectivity index (χ0) is 15.6. The van der Waals surface area contributed by atoms with E-state index >= 15 is 0 Å². The van der Waals surface area contributed by atoms with E-state index in [4.69, 9.17) is 11.6 Å². The van der Waals surface area contributed by atoms with Gasteiger partial charge in [-0.25, -0.2) is 4.79 Å². The molecule has 1 heterocycles. The Morgan fingerprint density at radius 2 is 1.75 bits per heavy atom. The van der Waals surface area contributed by atoms with Gasteiger partial charge < -0.3 is 4.90 Å². The van der Waals surface area contributed by atoms with Crippen LogP contribution in [0.1, 0.15) is 45.2 Å². The van der Waals surface area contributed by atoms with Crippen LogP contribution in [0.25, 0.3) is 0 Å². The molecule has 1 atom stereocenters. The monoisotopic (exact) mass is 301 g/mol. The molecule has 0 fully saturated rings. The lowest BCUT2D eigenvalue weighted by Gasteiger charge is -2.26. The molecule has 0 saturated carbocycles. The maximum atomic E-state index is 12.6. The standard InChI is InChI=1S/C14H24ClN3O2/c1-8(2)10(7-17(5)6)18-13(19)11(9(3)4)12(15)16-14(18)20/h8-10H,7H2,1-6H3,(H,16,20). The summed E-state index contributed by atoms with van der Waals surface area (Å²) >= 11 is 6.01. The normalized spacial score (nSPS) is 13.5. The van der Waals surface area contributed by atoms with Crippen LogP contribution in [0.5, 0.6) is 0 Å². The van der Waals surface area contributed by atoms with E-state index < -0.39 is 5.69 Å². The highest BCUT2D eigenvalue weighted by Gasteiger charge is 2.24. The van der Waals surface area contributed by atoms with Crippen LogP contribution in [0.3, 0.4) is 0 Å². The number of hydrogen-bond donors (Lipinski definition) is 1. The lowest BCUT2D eigenvalue weighted by Crippen LogP contribution is -2.45. The summed E-state index contributed by atoms with van der Waals surface area (Å²) in [6, 6.07) is -0.184. The Morgan fingerprint density at radius 1 is 1.20 bits per heavy atom. The average molecular weight is 302 g/mol. The van der Waals surface area contributed by atoms with Gasteiger partial charge in [-0.05, 0) is 25.9 Å². The number of rotatable bonds is 5. The van der Waals surface area contributed by atoms with Crippen LogP contribution in [-0.4, -0.2) is 35.1 Å². The van der Waals surface area contributed by atoms with Gasteiger partial charge in [-0.1, -0.05) is 39.3 Å². The number of aromatic nitrogens is 2. The average Bonchev–Trinajstić information content (AvgIpc) is 2.25. The quantitative estimate of drug-likeness (QED) is 0.847. The number of nitrogens with one attached hydrogen (secondary N) is 1. The van der Waals surface area contributed by atoms with E-state index in [2.05, 4.69) is 4.98 Å². The SMILES string of the molecule is CC(C)c1c(Cl)[nH]c(=O)n(C(CN(C)C)C(C)C)c1=O. The minimum absolute atomic E-state index is 0.0368. The van der Waals surface area contributed by atoms with E-state index in [1.165, 1.54) is 4.57 Å². The van der Waals surface area contributed by atoms with E-state index in [-0.39, 0.29) is 28.6 Å². The van der Waals surface area contributed by atoms with E-state index in [0.29, 0.717) is 12.1 Å². The number of aromatic amines is 1. The highest BCUT2D eigenvalue weighted by molar-refractivity contribution is 6.30. The van der Waals surface area contributed by atoms with Crippen molar-refractivity contribution in [2.75, 3.05) is 20.6 Å². The second kappa shape index (κ2) is 6.59. The number of H-pyrrole nitrogens is 1. The highest BCUT2D eigenvalue weighted by atomic mass is 35.5. The first-order valence-corrected chi connectivity index (χ1v) is 7.23. The zero-order valence-electron chi connectivity index (χ0n) is 13.0. The highest BCUT2D eigenvalue weighted by Crippen LogP contribution is 2.20. The van der Waals surface area contributed by atoms with Gasteiger partial charge in [-0.15, -0.1) is 0 Å². The molecule has 0 aliphatic heterocycles. The molecule has 5 nitrogen and oxygen atoms in total. The van der Waals surface area contributed by atoms with Crippen molar-refractivity contribution in [3.8, 4) is 0 Å². The van der Waals surface area contributed by atoms with Crippen LogP contribution < -0.4 is 11.2 Å². The van der Waals surface area contributed by atoms with Gasteiger partial charge in [0.25, 0.3) is 5.56 Å². The summed E-state index contributed by atoms with van der Waals surface area (Å²) in [6.45, 7) is 8.41. The third kappa shape index (κ3) is 3.52. The maximum absolute atomic E-state index is 12.6. The number of likely N-dealkylation sites (N-methyl/N-ethyl adjacent to an activating group) is 1. The molecular formula is C14H24ClN3O2. The number of halogens is 1. The lowest BCUT2D eigenvalue weighted by molar-refractivity contribution is 0.257. The van der Waals surface area contributed by atoms with Crippen molar-refractivity contribution in [3.05, 3.63) is 31.6 Å². The fourth-order valence-corrected chi connectivity index (χ4v) is 2.68. The van der Waals surface area contributed by atoms with Crippen LogP contribution in [0.2, 0.25) is 5.15 Å². The number of hydrogen-bond acceptors (Lipinski definition) is 3. The molecule has 1 unspecified atom stereocenters. The van der Waals surface area contributed by atoms with Crippen molar-refractivity contribution in [1.29, 1.82) is 0 Å². The summed E-state index contributed by atoms with van der Waals surface area (Å²) in [6.07, 6.45) is 0. The van der Waals surface area contributed by atoms with Gasteiger partial charge in [-0.3, -0.25) is 14.3 Å². The van der Waals surface area contributed by atoms with Crippen molar-refractivity contribution in [3.63, 3.8) is 0 Å². The molecule has 114 valence electrons. The van der Waals surface area contributed by atoms with Crippen LogP contribution in [0.15, 0.2) is 9.59 Å². The molecular weight excluding hydrogens is 278 g/mol. The van der Waals surface area contributed by atoms with Gasteiger partial charge in [0.1, 0.15) is 5.15 Å². The predicted octanol–water partition coefficient (Wildman–Crippen LogP) is 2.07. The molecule has 0 aromatic carbocycles. The number of nitrogens with zero attached hydrogens (tertiary/aromatic N) is 2. The van der Waals surface area contributed by atoms with Crippen molar-refractivity contribution >= 4 is 11.6 Å². The van der Waals surface area contributed by atoms with Crippen molar-refractivity contribution < 1.29 is 0 Å².